The molecule has 1 aromatic carbocycles. The molecular formula is C15H17NO2. The van der Waals surface area contributed by atoms with Gasteiger partial charge in [-0.25, -0.2) is 4.79 Å². The number of carboxylic acid groups (broad SMARTS) is 1. The number of aryl methyl sites for hydroxylation is 3. The molecule has 3 heteroatoms. The van der Waals surface area contributed by atoms with Crippen LogP contribution in [0.4, 0.5) is 0 Å². The first-order chi connectivity index (χ1) is 8.49. The Labute approximate surface area is 107 Å². The van der Waals surface area contributed by atoms with Gasteiger partial charge in [0, 0.05) is 12.2 Å². The number of nitrogens with zero attached hydrogens (tertiary/aromatic N) is 1. The van der Waals surface area contributed by atoms with Crippen LogP contribution < -0.4 is 0 Å². The molecule has 0 radical (unpaired) electrons. The van der Waals surface area contributed by atoms with Crippen LogP contribution in [0.2, 0.25) is 0 Å². The number of rotatable bonds is 3. The number of aromatic carboxylic acids is 1. The van der Waals surface area contributed by atoms with Crippen molar-refractivity contribution in [3.8, 4) is 0 Å². The first-order valence-electron chi connectivity index (χ1n) is 5.94. The SMILES string of the molecule is Cc1ccc(C)c(Cn2c(C)ccc2C(=O)O)c1. The smallest absolute Gasteiger partial charge is 0.352 e. The molecule has 3 nitrogen and oxygen atoms in total. The van der Waals surface area contributed by atoms with Gasteiger partial charge in [0.05, 0.1) is 0 Å². The highest BCUT2D eigenvalue weighted by molar-refractivity contribution is 5.86. The summed E-state index contributed by atoms with van der Waals surface area (Å²) in [4.78, 5) is 11.2. The maximum atomic E-state index is 11.2. The number of aromatic nitrogens is 1. The molecule has 0 unspecified atom stereocenters. The van der Waals surface area contributed by atoms with E-state index in [1.807, 2.05) is 31.4 Å². The highest BCUT2D eigenvalue weighted by atomic mass is 16.4. The van der Waals surface area contributed by atoms with Crippen LogP contribution in [0.15, 0.2) is 30.3 Å². The summed E-state index contributed by atoms with van der Waals surface area (Å²) in [6.07, 6.45) is 0. The monoisotopic (exact) mass is 243 g/mol. The van der Waals surface area contributed by atoms with Gasteiger partial charge in [-0.15, -0.1) is 0 Å². The minimum absolute atomic E-state index is 0.341. The Bertz CT molecular complexity index is 597. The second kappa shape index (κ2) is 4.69. The van der Waals surface area contributed by atoms with E-state index in [9.17, 15) is 4.79 Å². The molecular weight excluding hydrogens is 226 g/mol. The van der Waals surface area contributed by atoms with Crippen molar-refractivity contribution in [2.75, 3.05) is 0 Å². The summed E-state index contributed by atoms with van der Waals surface area (Å²) in [6.45, 7) is 6.63. The van der Waals surface area contributed by atoms with Crippen molar-refractivity contribution >= 4 is 5.97 Å². The fourth-order valence-corrected chi connectivity index (χ4v) is 2.11. The van der Waals surface area contributed by atoms with Crippen LogP contribution >= 0.6 is 0 Å². The number of carboxylic acids is 1. The summed E-state index contributed by atoms with van der Waals surface area (Å²) in [6, 6.07) is 9.75. The van der Waals surface area contributed by atoms with E-state index >= 15 is 0 Å². The zero-order chi connectivity index (χ0) is 13.3. The van der Waals surface area contributed by atoms with E-state index in [1.54, 1.807) is 6.07 Å². The Morgan fingerprint density at radius 1 is 1.17 bits per heavy atom. The maximum absolute atomic E-state index is 11.2. The molecule has 1 heterocycles. The lowest BCUT2D eigenvalue weighted by atomic mass is 10.1. The van der Waals surface area contributed by atoms with Crippen molar-refractivity contribution in [3.05, 3.63) is 58.4 Å². The summed E-state index contributed by atoms with van der Waals surface area (Å²) in [5, 5.41) is 9.16. The lowest BCUT2D eigenvalue weighted by Gasteiger charge is -2.12. The van der Waals surface area contributed by atoms with Gasteiger partial charge < -0.3 is 9.67 Å². The van der Waals surface area contributed by atoms with Gasteiger partial charge >= 0.3 is 5.97 Å². The predicted octanol–water partition coefficient (Wildman–Crippen LogP) is 3.16. The number of hydrogen-bond donors (Lipinski definition) is 1. The minimum atomic E-state index is -0.881. The van der Waals surface area contributed by atoms with Crippen LogP contribution in [-0.2, 0) is 6.54 Å². The van der Waals surface area contributed by atoms with Gasteiger partial charge in [0.15, 0.2) is 0 Å². The van der Waals surface area contributed by atoms with Crippen LogP contribution in [0.5, 0.6) is 0 Å². The molecule has 0 bridgehead atoms. The van der Waals surface area contributed by atoms with E-state index in [0.29, 0.717) is 12.2 Å². The van der Waals surface area contributed by atoms with Crippen LogP contribution in [0.3, 0.4) is 0 Å². The lowest BCUT2D eigenvalue weighted by Crippen LogP contribution is -2.11. The average Bonchev–Trinajstić information content (AvgIpc) is 2.66. The molecule has 0 saturated carbocycles. The van der Waals surface area contributed by atoms with Gasteiger partial charge in [-0.05, 0) is 44.0 Å². The molecule has 0 fully saturated rings. The molecule has 0 aliphatic heterocycles. The van der Waals surface area contributed by atoms with E-state index < -0.39 is 5.97 Å². The van der Waals surface area contributed by atoms with Crippen LogP contribution in [0, 0.1) is 20.8 Å². The predicted molar refractivity (Wildman–Crippen MR) is 71.1 cm³/mol. The van der Waals surface area contributed by atoms with Gasteiger partial charge in [0.25, 0.3) is 0 Å². The van der Waals surface area contributed by atoms with Crippen molar-refractivity contribution in [1.29, 1.82) is 0 Å². The fraction of sp³-hybridized carbons (Fsp3) is 0.267. The van der Waals surface area contributed by atoms with Gasteiger partial charge in [0.2, 0.25) is 0 Å². The summed E-state index contributed by atoms with van der Waals surface area (Å²) < 4.78 is 1.84. The largest absolute Gasteiger partial charge is 0.477 e. The molecule has 0 amide bonds. The van der Waals surface area contributed by atoms with Crippen LogP contribution in [0.1, 0.15) is 32.9 Å². The third-order valence-electron chi connectivity index (χ3n) is 3.25. The second-order valence-electron chi connectivity index (χ2n) is 4.68. The molecule has 94 valence electrons. The van der Waals surface area contributed by atoms with Crippen molar-refractivity contribution < 1.29 is 9.90 Å². The highest BCUT2D eigenvalue weighted by Crippen LogP contribution is 2.16. The van der Waals surface area contributed by atoms with Crippen molar-refractivity contribution in [2.45, 2.75) is 27.3 Å². The van der Waals surface area contributed by atoms with Crippen molar-refractivity contribution in [2.24, 2.45) is 0 Å². The van der Waals surface area contributed by atoms with Crippen molar-refractivity contribution in [3.63, 3.8) is 0 Å². The molecule has 18 heavy (non-hydrogen) atoms. The summed E-state index contributed by atoms with van der Waals surface area (Å²) in [5.74, 6) is -0.881. The van der Waals surface area contributed by atoms with E-state index in [2.05, 4.69) is 18.2 Å². The molecule has 2 aromatic rings. The Hall–Kier alpha value is -2.03. The van der Waals surface area contributed by atoms with Gasteiger partial charge in [-0.1, -0.05) is 23.8 Å². The van der Waals surface area contributed by atoms with E-state index in [0.717, 1.165) is 11.3 Å². The minimum Gasteiger partial charge on any atom is -0.477 e. The maximum Gasteiger partial charge on any atom is 0.352 e. The zero-order valence-corrected chi connectivity index (χ0v) is 10.9. The molecule has 1 aromatic heterocycles. The van der Waals surface area contributed by atoms with E-state index in [4.69, 9.17) is 5.11 Å². The Kier molecular flexibility index (Phi) is 3.24. The summed E-state index contributed by atoms with van der Waals surface area (Å²) in [7, 11) is 0. The third kappa shape index (κ3) is 2.30. The van der Waals surface area contributed by atoms with Crippen LogP contribution in [0.25, 0.3) is 0 Å². The fourth-order valence-electron chi connectivity index (χ4n) is 2.11. The van der Waals surface area contributed by atoms with Gasteiger partial charge in [-0.3, -0.25) is 0 Å². The number of carbonyl (C=O) groups is 1. The molecule has 0 aliphatic rings. The van der Waals surface area contributed by atoms with Crippen LogP contribution in [-0.4, -0.2) is 15.6 Å². The zero-order valence-electron chi connectivity index (χ0n) is 10.9. The van der Waals surface area contributed by atoms with Gasteiger partial charge in [-0.2, -0.15) is 0 Å². The molecule has 1 N–H and O–H groups in total. The van der Waals surface area contributed by atoms with E-state index in [1.165, 1.54) is 11.1 Å². The molecule has 0 spiro atoms. The van der Waals surface area contributed by atoms with Gasteiger partial charge in [0.1, 0.15) is 5.69 Å². The first kappa shape index (κ1) is 12.4. The van der Waals surface area contributed by atoms with E-state index in [-0.39, 0.29) is 0 Å². The quantitative estimate of drug-likeness (QED) is 0.899. The first-order valence-corrected chi connectivity index (χ1v) is 5.94. The normalized spacial score (nSPS) is 10.6. The summed E-state index contributed by atoms with van der Waals surface area (Å²) in [5.41, 5.74) is 4.85. The Morgan fingerprint density at radius 2 is 1.89 bits per heavy atom. The Balaban J connectivity index is 2.42. The Morgan fingerprint density at radius 3 is 2.56 bits per heavy atom. The number of hydrogen-bond acceptors (Lipinski definition) is 1. The topological polar surface area (TPSA) is 42.2 Å². The average molecular weight is 243 g/mol. The second-order valence-corrected chi connectivity index (χ2v) is 4.68. The third-order valence-corrected chi connectivity index (χ3v) is 3.25. The molecule has 0 atom stereocenters. The van der Waals surface area contributed by atoms with Crippen molar-refractivity contribution in [1.82, 2.24) is 4.57 Å². The molecule has 0 saturated heterocycles. The molecule has 0 aliphatic carbocycles. The molecule has 2 rings (SSSR count). The standard InChI is InChI=1S/C15H17NO2/c1-10-4-5-11(2)13(8-10)9-16-12(3)6-7-14(16)15(17)18/h4-8H,9H2,1-3H3,(H,17,18). The lowest BCUT2D eigenvalue weighted by molar-refractivity contribution is 0.0685. The highest BCUT2D eigenvalue weighted by Gasteiger charge is 2.12. The number of benzene rings is 1. The summed E-state index contributed by atoms with van der Waals surface area (Å²) >= 11 is 0.